The van der Waals surface area contributed by atoms with Crippen LogP contribution >= 0.6 is 11.6 Å². The molecule has 13 heavy (non-hydrogen) atoms. The van der Waals surface area contributed by atoms with Crippen molar-refractivity contribution in [1.82, 2.24) is 9.97 Å². The third-order valence-corrected chi connectivity index (χ3v) is 2.39. The molecule has 0 spiro atoms. The molecule has 1 heterocycles. The molecule has 0 amide bonds. The van der Waals surface area contributed by atoms with E-state index in [0.717, 1.165) is 12.8 Å². The number of aromatic nitrogens is 2. The van der Waals surface area contributed by atoms with Gasteiger partial charge in [0.05, 0.1) is 6.10 Å². The number of nitrogens with zero attached hydrogens (tertiary/aromatic N) is 2. The lowest BCUT2D eigenvalue weighted by atomic mass is 9.96. The lowest BCUT2D eigenvalue weighted by Gasteiger charge is -2.26. The highest BCUT2D eigenvalue weighted by atomic mass is 35.5. The Kier molecular flexibility index (Phi) is 2.22. The van der Waals surface area contributed by atoms with Gasteiger partial charge in [-0.3, -0.25) is 0 Å². The summed E-state index contributed by atoms with van der Waals surface area (Å²) < 4.78 is 5.53. The number of nitrogens with two attached hydrogens (primary N) is 1. The molecule has 1 aromatic heterocycles. The first kappa shape index (κ1) is 8.56. The Hall–Kier alpha value is -1.03. The van der Waals surface area contributed by atoms with E-state index in [2.05, 4.69) is 9.97 Å². The van der Waals surface area contributed by atoms with Gasteiger partial charge in [0.2, 0.25) is 0 Å². The maximum absolute atomic E-state index is 5.80. The van der Waals surface area contributed by atoms with Crippen LogP contribution in [0.4, 0.5) is 5.82 Å². The van der Waals surface area contributed by atoms with Crippen LogP contribution in [0.3, 0.4) is 0 Å². The Morgan fingerprint density at radius 2 is 2.23 bits per heavy atom. The average Bonchev–Trinajstić information content (AvgIpc) is 2.00. The van der Waals surface area contributed by atoms with Crippen molar-refractivity contribution in [2.75, 3.05) is 5.73 Å². The summed E-state index contributed by atoms with van der Waals surface area (Å²) in [6.07, 6.45) is 4.89. The van der Waals surface area contributed by atoms with Gasteiger partial charge in [0.25, 0.3) is 0 Å². The summed E-state index contributed by atoms with van der Waals surface area (Å²) in [4.78, 5) is 7.61. The van der Waals surface area contributed by atoms with Crippen LogP contribution in [0.15, 0.2) is 6.33 Å². The largest absolute Gasteiger partial charge is 0.484 e. The number of ether oxygens (including phenoxy) is 1. The molecule has 2 rings (SSSR count). The monoisotopic (exact) mass is 199 g/mol. The maximum atomic E-state index is 5.80. The number of halogens is 1. The molecular formula is C8H10ClN3O. The van der Waals surface area contributed by atoms with Gasteiger partial charge in [-0.15, -0.1) is 0 Å². The summed E-state index contributed by atoms with van der Waals surface area (Å²) in [5, 5.41) is 0.291. The molecule has 70 valence electrons. The highest BCUT2D eigenvalue weighted by Gasteiger charge is 2.22. The van der Waals surface area contributed by atoms with Gasteiger partial charge < -0.3 is 10.5 Å². The van der Waals surface area contributed by atoms with Crippen molar-refractivity contribution in [3.63, 3.8) is 0 Å². The Balaban J connectivity index is 2.17. The topological polar surface area (TPSA) is 61.0 Å². The van der Waals surface area contributed by atoms with Crippen LogP contribution in [-0.4, -0.2) is 16.1 Å². The summed E-state index contributed by atoms with van der Waals surface area (Å²) in [5.74, 6) is 0.737. The first-order valence-corrected chi connectivity index (χ1v) is 4.58. The van der Waals surface area contributed by atoms with E-state index in [4.69, 9.17) is 22.1 Å². The third kappa shape index (κ3) is 1.67. The van der Waals surface area contributed by atoms with Gasteiger partial charge in [0.15, 0.2) is 16.7 Å². The molecule has 1 saturated carbocycles. The first-order valence-electron chi connectivity index (χ1n) is 4.20. The molecule has 1 aliphatic carbocycles. The Bertz CT molecular complexity index is 294. The Labute approximate surface area is 81.1 Å². The normalized spacial score (nSPS) is 16.7. The van der Waals surface area contributed by atoms with E-state index < -0.39 is 0 Å². The minimum absolute atomic E-state index is 0.241. The van der Waals surface area contributed by atoms with Crippen molar-refractivity contribution < 1.29 is 4.74 Å². The second-order valence-corrected chi connectivity index (χ2v) is 3.41. The second kappa shape index (κ2) is 3.38. The summed E-state index contributed by atoms with van der Waals surface area (Å²) in [5.41, 5.74) is 5.59. The molecule has 2 N–H and O–H groups in total. The first-order chi connectivity index (χ1) is 6.27. The summed E-state index contributed by atoms with van der Waals surface area (Å²) in [6.45, 7) is 0. The maximum Gasteiger partial charge on any atom is 0.199 e. The SMILES string of the molecule is Nc1ncnc(Cl)c1OC1CCC1. The standard InChI is InChI=1S/C8H10ClN3O/c9-7-6(8(10)12-4-11-7)13-5-2-1-3-5/h4-5H,1-3H2,(H2,10,11,12). The molecule has 1 fully saturated rings. The van der Waals surface area contributed by atoms with Crippen LogP contribution in [0.5, 0.6) is 5.75 Å². The molecule has 4 nitrogen and oxygen atoms in total. The quantitative estimate of drug-likeness (QED) is 0.736. The third-order valence-electron chi connectivity index (χ3n) is 2.12. The number of hydrogen-bond acceptors (Lipinski definition) is 4. The van der Waals surface area contributed by atoms with Crippen LogP contribution in [-0.2, 0) is 0 Å². The molecule has 0 atom stereocenters. The predicted molar refractivity (Wildman–Crippen MR) is 49.7 cm³/mol. The molecular weight excluding hydrogens is 190 g/mol. The smallest absolute Gasteiger partial charge is 0.199 e. The number of rotatable bonds is 2. The molecule has 1 aromatic rings. The zero-order valence-electron chi connectivity index (χ0n) is 7.03. The van der Waals surface area contributed by atoms with Gasteiger partial charge in [0.1, 0.15) is 6.33 Å². The van der Waals surface area contributed by atoms with Crippen molar-refractivity contribution in [3.05, 3.63) is 11.5 Å². The van der Waals surface area contributed by atoms with E-state index in [1.807, 2.05) is 0 Å². The van der Waals surface area contributed by atoms with Crippen LogP contribution in [0.1, 0.15) is 19.3 Å². The summed E-state index contributed by atoms with van der Waals surface area (Å²) >= 11 is 5.80. The summed E-state index contributed by atoms with van der Waals surface area (Å²) in [7, 11) is 0. The molecule has 0 saturated heterocycles. The van der Waals surface area contributed by atoms with Gasteiger partial charge in [-0.1, -0.05) is 11.6 Å². The summed E-state index contributed by atoms with van der Waals surface area (Å²) in [6, 6.07) is 0. The number of nitrogen functional groups attached to an aromatic ring is 1. The Morgan fingerprint density at radius 3 is 2.77 bits per heavy atom. The van der Waals surface area contributed by atoms with Gasteiger partial charge in [-0.25, -0.2) is 9.97 Å². The molecule has 0 aliphatic heterocycles. The fourth-order valence-electron chi connectivity index (χ4n) is 1.13. The van der Waals surface area contributed by atoms with Crippen molar-refractivity contribution in [3.8, 4) is 5.75 Å². The van der Waals surface area contributed by atoms with Gasteiger partial charge in [-0.2, -0.15) is 0 Å². The fraction of sp³-hybridized carbons (Fsp3) is 0.500. The van der Waals surface area contributed by atoms with Gasteiger partial charge >= 0.3 is 0 Å². The van der Waals surface area contributed by atoms with Crippen molar-refractivity contribution in [1.29, 1.82) is 0 Å². The second-order valence-electron chi connectivity index (χ2n) is 3.05. The zero-order valence-corrected chi connectivity index (χ0v) is 7.79. The van der Waals surface area contributed by atoms with E-state index in [9.17, 15) is 0 Å². The van der Waals surface area contributed by atoms with E-state index in [1.54, 1.807) is 0 Å². The number of anilines is 1. The van der Waals surface area contributed by atoms with Crippen LogP contribution < -0.4 is 10.5 Å². The highest BCUT2D eigenvalue weighted by molar-refractivity contribution is 6.31. The van der Waals surface area contributed by atoms with Crippen LogP contribution in [0.2, 0.25) is 5.15 Å². The van der Waals surface area contributed by atoms with E-state index >= 15 is 0 Å². The van der Waals surface area contributed by atoms with Crippen molar-refractivity contribution >= 4 is 17.4 Å². The molecule has 0 unspecified atom stereocenters. The molecule has 0 radical (unpaired) electrons. The van der Waals surface area contributed by atoms with E-state index in [0.29, 0.717) is 16.7 Å². The average molecular weight is 200 g/mol. The van der Waals surface area contributed by atoms with Crippen molar-refractivity contribution in [2.45, 2.75) is 25.4 Å². The molecule has 1 aliphatic rings. The zero-order chi connectivity index (χ0) is 9.26. The predicted octanol–water partition coefficient (Wildman–Crippen LogP) is 1.64. The van der Waals surface area contributed by atoms with Gasteiger partial charge in [0, 0.05) is 0 Å². The minimum Gasteiger partial charge on any atom is -0.484 e. The lowest BCUT2D eigenvalue weighted by molar-refractivity contribution is 0.120. The van der Waals surface area contributed by atoms with E-state index in [-0.39, 0.29) is 6.10 Å². The molecule has 5 heteroatoms. The van der Waals surface area contributed by atoms with Crippen molar-refractivity contribution in [2.24, 2.45) is 0 Å². The number of hydrogen-bond donors (Lipinski definition) is 1. The molecule has 0 aromatic carbocycles. The van der Waals surface area contributed by atoms with E-state index in [1.165, 1.54) is 12.7 Å². The Morgan fingerprint density at radius 1 is 1.46 bits per heavy atom. The molecule has 0 bridgehead atoms. The lowest BCUT2D eigenvalue weighted by Crippen LogP contribution is -2.25. The fourth-order valence-corrected chi connectivity index (χ4v) is 1.31. The van der Waals surface area contributed by atoms with Gasteiger partial charge in [-0.05, 0) is 19.3 Å². The minimum atomic E-state index is 0.241. The highest BCUT2D eigenvalue weighted by Crippen LogP contribution is 2.32. The van der Waals surface area contributed by atoms with Crippen LogP contribution in [0, 0.1) is 0 Å². The van der Waals surface area contributed by atoms with Crippen LogP contribution in [0.25, 0.3) is 0 Å².